The van der Waals surface area contributed by atoms with E-state index in [1.165, 1.54) is 29.4 Å². The third-order valence-electron chi connectivity index (χ3n) is 3.34. The first-order chi connectivity index (χ1) is 13.6. The Morgan fingerprint density at radius 3 is 2.86 bits per heavy atom. The number of rotatable bonds is 8. The molecule has 1 aromatic carbocycles. The summed E-state index contributed by atoms with van der Waals surface area (Å²) in [6, 6.07) is 10.3. The second kappa shape index (κ2) is 9.76. The van der Waals surface area contributed by atoms with Crippen LogP contribution in [0.1, 0.15) is 5.76 Å². The van der Waals surface area contributed by atoms with Crippen LogP contribution in [0.15, 0.2) is 51.4 Å². The molecule has 3 N–H and O–H groups in total. The molecule has 0 bridgehead atoms. The number of anilines is 2. The van der Waals surface area contributed by atoms with Crippen LogP contribution in [0.4, 0.5) is 15.6 Å². The number of carbonyl (C=O) groups is 2. The molecule has 3 amide bonds. The van der Waals surface area contributed by atoms with Gasteiger partial charge in [0.2, 0.25) is 11.0 Å². The molecule has 0 spiro atoms. The van der Waals surface area contributed by atoms with Crippen LogP contribution in [0.3, 0.4) is 0 Å². The highest BCUT2D eigenvalue weighted by molar-refractivity contribution is 8.01. The standard InChI is InChI=1S/C17H17N5O4S2/c1-25-13-7-3-2-6-12(13)19-16-21-22-17(28-16)27-10-14(23)20-15(24)18-9-11-5-4-8-26-11/h2-8H,9-10H2,1H3,(H,19,21)(H2,18,20,23,24). The number of urea groups is 1. The summed E-state index contributed by atoms with van der Waals surface area (Å²) in [5, 5.41) is 16.5. The third kappa shape index (κ3) is 5.72. The van der Waals surface area contributed by atoms with Crippen LogP contribution in [0.2, 0.25) is 0 Å². The lowest BCUT2D eigenvalue weighted by Gasteiger charge is -2.07. The molecule has 3 rings (SSSR count). The van der Waals surface area contributed by atoms with Gasteiger partial charge in [-0.25, -0.2) is 4.79 Å². The molecule has 0 aliphatic heterocycles. The van der Waals surface area contributed by atoms with E-state index in [4.69, 9.17) is 9.15 Å². The van der Waals surface area contributed by atoms with Gasteiger partial charge in [0, 0.05) is 0 Å². The number of furan rings is 1. The van der Waals surface area contributed by atoms with E-state index in [9.17, 15) is 9.59 Å². The van der Waals surface area contributed by atoms with Crippen molar-refractivity contribution in [3.8, 4) is 5.75 Å². The zero-order valence-corrected chi connectivity index (χ0v) is 16.4. The number of hydrogen-bond acceptors (Lipinski definition) is 9. The average Bonchev–Trinajstić information content (AvgIpc) is 3.37. The summed E-state index contributed by atoms with van der Waals surface area (Å²) in [4.78, 5) is 23.6. The topological polar surface area (TPSA) is 118 Å². The van der Waals surface area contributed by atoms with Gasteiger partial charge in [-0.05, 0) is 24.3 Å². The van der Waals surface area contributed by atoms with Gasteiger partial charge < -0.3 is 19.8 Å². The summed E-state index contributed by atoms with van der Waals surface area (Å²) in [5.74, 6) is 0.890. The number of aromatic nitrogens is 2. The van der Waals surface area contributed by atoms with Crippen LogP contribution >= 0.6 is 23.1 Å². The molecule has 0 atom stereocenters. The van der Waals surface area contributed by atoms with Crippen molar-refractivity contribution in [1.82, 2.24) is 20.8 Å². The van der Waals surface area contributed by atoms with E-state index >= 15 is 0 Å². The number of para-hydroxylation sites is 2. The van der Waals surface area contributed by atoms with E-state index in [1.54, 1.807) is 19.2 Å². The molecule has 28 heavy (non-hydrogen) atoms. The predicted molar refractivity (Wildman–Crippen MR) is 106 cm³/mol. The SMILES string of the molecule is COc1ccccc1Nc1nnc(SCC(=O)NC(=O)NCc2ccco2)s1. The van der Waals surface area contributed by atoms with Crippen molar-refractivity contribution in [3.63, 3.8) is 0 Å². The fourth-order valence-electron chi connectivity index (χ4n) is 2.10. The number of ether oxygens (including phenoxy) is 1. The molecule has 0 saturated heterocycles. The Morgan fingerprint density at radius 2 is 2.07 bits per heavy atom. The fourth-order valence-corrected chi connectivity index (χ4v) is 3.66. The van der Waals surface area contributed by atoms with Crippen molar-refractivity contribution in [3.05, 3.63) is 48.4 Å². The maximum absolute atomic E-state index is 11.9. The van der Waals surface area contributed by atoms with E-state index in [1.807, 2.05) is 24.3 Å². The lowest BCUT2D eigenvalue weighted by atomic mass is 10.3. The van der Waals surface area contributed by atoms with Crippen LogP contribution in [-0.4, -0.2) is 35.0 Å². The molecule has 0 fully saturated rings. The summed E-state index contributed by atoms with van der Waals surface area (Å²) in [7, 11) is 1.59. The average molecular weight is 419 g/mol. The minimum absolute atomic E-state index is 0.0392. The molecular formula is C17H17N5O4S2. The molecule has 0 aliphatic carbocycles. The molecule has 146 valence electrons. The number of hydrogen-bond donors (Lipinski definition) is 3. The Bertz CT molecular complexity index is 929. The molecule has 11 heteroatoms. The number of thioether (sulfide) groups is 1. The molecule has 0 unspecified atom stereocenters. The summed E-state index contributed by atoms with van der Waals surface area (Å²) < 4.78 is 11.0. The number of nitrogens with zero attached hydrogens (tertiary/aromatic N) is 2. The van der Waals surface area contributed by atoms with Crippen LogP contribution in [0.5, 0.6) is 5.75 Å². The number of methoxy groups -OCH3 is 1. The second-order valence-electron chi connectivity index (χ2n) is 5.30. The monoisotopic (exact) mass is 419 g/mol. The number of benzene rings is 1. The number of amides is 3. The maximum atomic E-state index is 11.9. The minimum Gasteiger partial charge on any atom is -0.495 e. The Morgan fingerprint density at radius 1 is 1.21 bits per heavy atom. The molecular weight excluding hydrogens is 402 g/mol. The zero-order chi connectivity index (χ0) is 19.8. The molecule has 3 aromatic rings. The largest absolute Gasteiger partial charge is 0.495 e. The molecule has 0 radical (unpaired) electrons. The number of carbonyl (C=O) groups excluding carboxylic acids is 2. The van der Waals surface area contributed by atoms with E-state index in [2.05, 4.69) is 26.1 Å². The van der Waals surface area contributed by atoms with Crippen molar-refractivity contribution in [2.24, 2.45) is 0 Å². The Balaban J connectivity index is 1.43. The van der Waals surface area contributed by atoms with Gasteiger partial charge in [0.1, 0.15) is 11.5 Å². The fraction of sp³-hybridized carbons (Fsp3) is 0.176. The smallest absolute Gasteiger partial charge is 0.321 e. The van der Waals surface area contributed by atoms with Gasteiger partial charge in [-0.2, -0.15) is 0 Å². The quantitative estimate of drug-likeness (QED) is 0.477. The van der Waals surface area contributed by atoms with E-state index in [0.717, 1.165) is 5.69 Å². The Kier molecular flexibility index (Phi) is 6.87. The van der Waals surface area contributed by atoms with Crippen LogP contribution < -0.4 is 20.7 Å². The summed E-state index contributed by atoms with van der Waals surface area (Å²) in [6.45, 7) is 0.202. The normalized spacial score (nSPS) is 10.3. The Hall–Kier alpha value is -3.05. The maximum Gasteiger partial charge on any atom is 0.321 e. The van der Waals surface area contributed by atoms with Crippen molar-refractivity contribution in [2.45, 2.75) is 10.9 Å². The molecule has 0 aliphatic rings. The van der Waals surface area contributed by atoms with Gasteiger partial charge in [-0.15, -0.1) is 10.2 Å². The van der Waals surface area contributed by atoms with Crippen LogP contribution in [-0.2, 0) is 11.3 Å². The molecule has 2 aromatic heterocycles. The Labute approximate surface area is 168 Å². The second-order valence-corrected chi connectivity index (χ2v) is 7.50. The number of nitrogens with one attached hydrogen (secondary N) is 3. The van der Waals surface area contributed by atoms with Crippen molar-refractivity contribution < 1.29 is 18.7 Å². The molecule has 0 saturated carbocycles. The van der Waals surface area contributed by atoms with E-state index in [-0.39, 0.29) is 12.3 Å². The lowest BCUT2D eigenvalue weighted by molar-refractivity contribution is -0.117. The van der Waals surface area contributed by atoms with E-state index < -0.39 is 11.9 Å². The number of imide groups is 1. The lowest BCUT2D eigenvalue weighted by Crippen LogP contribution is -2.39. The van der Waals surface area contributed by atoms with Gasteiger partial charge in [0.25, 0.3) is 0 Å². The molecule has 9 nitrogen and oxygen atoms in total. The van der Waals surface area contributed by atoms with Crippen molar-refractivity contribution in [2.75, 3.05) is 18.2 Å². The zero-order valence-electron chi connectivity index (χ0n) is 14.8. The summed E-state index contributed by atoms with van der Waals surface area (Å²) in [5.41, 5.74) is 0.767. The first-order valence-electron chi connectivity index (χ1n) is 8.10. The van der Waals surface area contributed by atoms with Gasteiger partial charge >= 0.3 is 6.03 Å². The van der Waals surface area contributed by atoms with Gasteiger partial charge in [-0.1, -0.05) is 35.2 Å². The van der Waals surface area contributed by atoms with Crippen molar-refractivity contribution in [1.29, 1.82) is 0 Å². The van der Waals surface area contributed by atoms with Gasteiger partial charge in [0.05, 0.1) is 31.4 Å². The van der Waals surface area contributed by atoms with Gasteiger partial charge in [-0.3, -0.25) is 10.1 Å². The molecule has 2 heterocycles. The highest BCUT2D eigenvalue weighted by Crippen LogP contribution is 2.31. The van der Waals surface area contributed by atoms with Crippen molar-refractivity contribution >= 4 is 45.9 Å². The third-order valence-corrected chi connectivity index (χ3v) is 5.31. The summed E-state index contributed by atoms with van der Waals surface area (Å²) >= 11 is 2.49. The first-order valence-corrected chi connectivity index (χ1v) is 9.90. The summed E-state index contributed by atoms with van der Waals surface area (Å²) in [6.07, 6.45) is 1.51. The van der Waals surface area contributed by atoms with E-state index in [0.29, 0.717) is 21.0 Å². The first kappa shape index (κ1) is 19.7. The predicted octanol–water partition coefficient (Wildman–Crippen LogP) is 3.00. The van der Waals surface area contributed by atoms with Crippen LogP contribution in [0.25, 0.3) is 0 Å². The van der Waals surface area contributed by atoms with Gasteiger partial charge in [0.15, 0.2) is 4.34 Å². The minimum atomic E-state index is -0.585. The van der Waals surface area contributed by atoms with Crippen LogP contribution in [0, 0.1) is 0 Å². The highest BCUT2D eigenvalue weighted by atomic mass is 32.2. The highest BCUT2D eigenvalue weighted by Gasteiger charge is 2.12.